The van der Waals surface area contributed by atoms with E-state index in [0.717, 1.165) is 22.4 Å². The van der Waals surface area contributed by atoms with Crippen LogP contribution in [-0.4, -0.2) is 12.4 Å². The first-order chi connectivity index (χ1) is 9.24. The normalized spacial score (nSPS) is 10.2. The van der Waals surface area contributed by atoms with Gasteiger partial charge in [0.2, 0.25) is 0 Å². The summed E-state index contributed by atoms with van der Waals surface area (Å²) in [5.41, 5.74) is 2.96. The Balaban J connectivity index is 2.26. The van der Waals surface area contributed by atoms with E-state index in [-0.39, 0.29) is 5.78 Å². The lowest BCUT2D eigenvalue weighted by Crippen LogP contribution is -1.95. The van der Waals surface area contributed by atoms with Crippen LogP contribution in [0.5, 0.6) is 5.75 Å². The Morgan fingerprint density at radius 1 is 1.00 bits per heavy atom. The van der Waals surface area contributed by atoms with Crippen LogP contribution in [0.25, 0.3) is 11.1 Å². The molecule has 2 aromatic carbocycles. The predicted molar refractivity (Wildman–Crippen MR) is 77.7 cm³/mol. The summed E-state index contributed by atoms with van der Waals surface area (Å²) >= 11 is 0. The molecule has 0 aliphatic carbocycles. The highest BCUT2D eigenvalue weighted by molar-refractivity contribution is 5.96. The highest BCUT2D eigenvalue weighted by atomic mass is 16.5. The zero-order chi connectivity index (χ0) is 13.7. The molecule has 0 unspecified atom stereocenters. The molecule has 0 amide bonds. The number of carbonyl (C=O) groups is 1. The van der Waals surface area contributed by atoms with E-state index in [1.165, 1.54) is 0 Å². The number of ether oxygens (including phenoxy) is 1. The molecule has 0 bridgehead atoms. The first-order valence-corrected chi connectivity index (χ1v) is 6.61. The highest BCUT2D eigenvalue weighted by Crippen LogP contribution is 2.24. The van der Waals surface area contributed by atoms with Gasteiger partial charge in [-0.1, -0.05) is 43.3 Å². The van der Waals surface area contributed by atoms with Crippen molar-refractivity contribution >= 4 is 5.78 Å². The second-order valence-electron chi connectivity index (χ2n) is 4.31. The summed E-state index contributed by atoms with van der Waals surface area (Å²) in [5, 5.41) is 0. The van der Waals surface area contributed by atoms with Gasteiger partial charge in [0.25, 0.3) is 0 Å². The van der Waals surface area contributed by atoms with Gasteiger partial charge in [-0.2, -0.15) is 0 Å². The molecule has 0 atom stereocenters. The molecular weight excluding hydrogens is 236 g/mol. The summed E-state index contributed by atoms with van der Waals surface area (Å²) < 4.78 is 5.49. The number of carbonyl (C=O) groups excluding carboxylic acids is 1. The lowest BCUT2D eigenvalue weighted by atomic mass is 10.0. The molecule has 0 heterocycles. The van der Waals surface area contributed by atoms with Crippen molar-refractivity contribution in [3.63, 3.8) is 0 Å². The van der Waals surface area contributed by atoms with Crippen molar-refractivity contribution in [3.05, 3.63) is 54.1 Å². The van der Waals surface area contributed by atoms with Crippen molar-refractivity contribution in [2.75, 3.05) is 6.61 Å². The van der Waals surface area contributed by atoms with Crippen LogP contribution in [0, 0.1) is 0 Å². The lowest BCUT2D eigenvalue weighted by Gasteiger charge is -2.07. The van der Waals surface area contributed by atoms with Crippen molar-refractivity contribution in [2.24, 2.45) is 0 Å². The van der Waals surface area contributed by atoms with Gasteiger partial charge in [-0.3, -0.25) is 4.79 Å². The molecule has 2 rings (SSSR count). The first kappa shape index (κ1) is 13.3. The van der Waals surface area contributed by atoms with E-state index in [0.29, 0.717) is 13.0 Å². The standard InChI is InChI=1S/C17H18O2/c1-3-17(18)14-10-8-13(9-11-14)15-6-5-7-16(12-15)19-4-2/h5-12H,3-4H2,1-2H3. The average Bonchev–Trinajstić information content (AvgIpc) is 2.47. The molecule has 98 valence electrons. The summed E-state index contributed by atoms with van der Waals surface area (Å²) in [4.78, 5) is 11.6. The summed E-state index contributed by atoms with van der Waals surface area (Å²) in [7, 11) is 0. The maximum atomic E-state index is 11.6. The van der Waals surface area contributed by atoms with Crippen LogP contribution in [0.15, 0.2) is 48.5 Å². The van der Waals surface area contributed by atoms with Gasteiger partial charge in [-0.25, -0.2) is 0 Å². The van der Waals surface area contributed by atoms with Gasteiger partial charge in [0.15, 0.2) is 5.78 Å². The van der Waals surface area contributed by atoms with Gasteiger partial charge in [0.1, 0.15) is 5.75 Å². The van der Waals surface area contributed by atoms with Crippen molar-refractivity contribution in [1.29, 1.82) is 0 Å². The molecule has 19 heavy (non-hydrogen) atoms. The average molecular weight is 254 g/mol. The number of hydrogen-bond acceptors (Lipinski definition) is 2. The minimum absolute atomic E-state index is 0.176. The van der Waals surface area contributed by atoms with Crippen molar-refractivity contribution in [3.8, 4) is 16.9 Å². The Morgan fingerprint density at radius 3 is 2.37 bits per heavy atom. The fourth-order valence-corrected chi connectivity index (χ4v) is 1.98. The second-order valence-corrected chi connectivity index (χ2v) is 4.31. The summed E-state index contributed by atoms with van der Waals surface area (Å²) in [5.74, 6) is 1.04. The Kier molecular flexibility index (Phi) is 4.35. The van der Waals surface area contributed by atoms with Crippen LogP contribution < -0.4 is 4.74 Å². The topological polar surface area (TPSA) is 26.3 Å². The SMILES string of the molecule is CCOc1cccc(-c2ccc(C(=O)CC)cc2)c1. The number of rotatable bonds is 5. The third kappa shape index (κ3) is 3.22. The van der Waals surface area contributed by atoms with E-state index in [2.05, 4.69) is 0 Å². The Hall–Kier alpha value is -2.09. The minimum atomic E-state index is 0.176. The third-order valence-corrected chi connectivity index (χ3v) is 3.01. The summed E-state index contributed by atoms with van der Waals surface area (Å²) in [6.45, 7) is 4.51. The molecule has 0 fully saturated rings. The monoisotopic (exact) mass is 254 g/mol. The molecular formula is C17H18O2. The van der Waals surface area contributed by atoms with Crippen molar-refractivity contribution in [2.45, 2.75) is 20.3 Å². The number of benzene rings is 2. The third-order valence-electron chi connectivity index (χ3n) is 3.01. The molecule has 0 N–H and O–H groups in total. The van der Waals surface area contributed by atoms with Gasteiger partial charge in [0.05, 0.1) is 6.61 Å². The molecule has 2 heteroatoms. The maximum Gasteiger partial charge on any atom is 0.162 e. The van der Waals surface area contributed by atoms with Crippen LogP contribution in [0.2, 0.25) is 0 Å². The Labute approximate surface area is 114 Å². The molecule has 0 spiro atoms. The predicted octanol–water partition coefficient (Wildman–Crippen LogP) is 4.35. The first-order valence-electron chi connectivity index (χ1n) is 6.61. The zero-order valence-electron chi connectivity index (χ0n) is 11.3. The summed E-state index contributed by atoms with van der Waals surface area (Å²) in [6.07, 6.45) is 0.541. The van der Waals surface area contributed by atoms with Crippen molar-refractivity contribution < 1.29 is 9.53 Å². The van der Waals surface area contributed by atoms with E-state index in [9.17, 15) is 4.79 Å². The van der Waals surface area contributed by atoms with Gasteiger partial charge in [0, 0.05) is 12.0 Å². The van der Waals surface area contributed by atoms with Gasteiger partial charge in [-0.15, -0.1) is 0 Å². The zero-order valence-corrected chi connectivity index (χ0v) is 11.3. The molecule has 0 aliphatic rings. The Morgan fingerprint density at radius 2 is 1.74 bits per heavy atom. The second kappa shape index (κ2) is 6.19. The van der Waals surface area contributed by atoms with Crippen molar-refractivity contribution in [1.82, 2.24) is 0 Å². The van der Waals surface area contributed by atoms with E-state index in [4.69, 9.17) is 4.74 Å². The minimum Gasteiger partial charge on any atom is -0.494 e. The molecule has 0 radical (unpaired) electrons. The largest absolute Gasteiger partial charge is 0.494 e. The number of ketones is 1. The van der Waals surface area contributed by atoms with Gasteiger partial charge >= 0.3 is 0 Å². The van der Waals surface area contributed by atoms with Gasteiger partial charge < -0.3 is 4.74 Å². The lowest BCUT2D eigenvalue weighted by molar-refractivity contribution is 0.0988. The van der Waals surface area contributed by atoms with Gasteiger partial charge in [-0.05, 0) is 30.2 Å². The molecule has 2 nitrogen and oxygen atoms in total. The van der Waals surface area contributed by atoms with E-state index in [1.54, 1.807) is 0 Å². The fourth-order valence-electron chi connectivity index (χ4n) is 1.98. The van der Waals surface area contributed by atoms with E-state index >= 15 is 0 Å². The maximum absolute atomic E-state index is 11.6. The van der Waals surface area contributed by atoms with E-state index < -0.39 is 0 Å². The highest BCUT2D eigenvalue weighted by Gasteiger charge is 2.04. The smallest absolute Gasteiger partial charge is 0.162 e. The number of Topliss-reactive ketones (excluding diaryl/α,β-unsaturated/α-hetero) is 1. The van der Waals surface area contributed by atoms with Crippen LogP contribution in [0.4, 0.5) is 0 Å². The van der Waals surface area contributed by atoms with Crippen LogP contribution >= 0.6 is 0 Å². The quantitative estimate of drug-likeness (QED) is 0.742. The molecule has 0 aromatic heterocycles. The molecule has 2 aromatic rings. The molecule has 0 saturated heterocycles. The van der Waals surface area contributed by atoms with E-state index in [1.807, 2.05) is 62.4 Å². The molecule has 0 aliphatic heterocycles. The number of hydrogen-bond donors (Lipinski definition) is 0. The van der Waals surface area contributed by atoms with Crippen LogP contribution in [0.3, 0.4) is 0 Å². The Bertz CT molecular complexity index is 556. The van der Waals surface area contributed by atoms with Crippen LogP contribution in [0.1, 0.15) is 30.6 Å². The molecule has 0 saturated carbocycles. The summed E-state index contributed by atoms with van der Waals surface area (Å²) in [6, 6.07) is 15.7. The van der Waals surface area contributed by atoms with Crippen LogP contribution in [-0.2, 0) is 0 Å². The fraction of sp³-hybridized carbons (Fsp3) is 0.235.